The number of fused-ring (bicyclic) bond motifs is 1. The number of rotatable bonds is 4. The van der Waals surface area contributed by atoms with E-state index in [2.05, 4.69) is 15.4 Å². The molecule has 0 saturated heterocycles. The summed E-state index contributed by atoms with van der Waals surface area (Å²) in [5.74, 6) is 0.543. The zero-order valence-electron chi connectivity index (χ0n) is 10.6. The highest BCUT2D eigenvalue weighted by Crippen LogP contribution is 2.12. The second kappa shape index (κ2) is 5.48. The summed E-state index contributed by atoms with van der Waals surface area (Å²) in [6, 6.07) is 11.3. The maximum absolute atomic E-state index is 9.11. The van der Waals surface area contributed by atoms with Crippen molar-refractivity contribution >= 4 is 23.2 Å². The molecule has 0 aliphatic carbocycles. The van der Waals surface area contributed by atoms with Crippen molar-refractivity contribution in [2.45, 2.75) is 13.2 Å². The van der Waals surface area contributed by atoms with Crippen molar-refractivity contribution in [3.8, 4) is 0 Å². The van der Waals surface area contributed by atoms with E-state index in [1.54, 1.807) is 16.8 Å². The summed E-state index contributed by atoms with van der Waals surface area (Å²) >= 11 is 5.90. The Hall–Kier alpha value is -2.11. The van der Waals surface area contributed by atoms with Crippen LogP contribution >= 0.6 is 11.6 Å². The number of benzene rings is 1. The van der Waals surface area contributed by atoms with Gasteiger partial charge in [-0.1, -0.05) is 35.9 Å². The molecule has 0 saturated carbocycles. The summed E-state index contributed by atoms with van der Waals surface area (Å²) in [6.45, 7) is 0.636. The Kier molecular flexibility index (Phi) is 3.54. The number of hydrogen-bond donors (Lipinski definition) is 2. The summed E-state index contributed by atoms with van der Waals surface area (Å²) in [5.41, 5.74) is 2.69. The van der Waals surface area contributed by atoms with Crippen molar-refractivity contribution in [3.63, 3.8) is 0 Å². The van der Waals surface area contributed by atoms with Crippen molar-refractivity contribution in [1.29, 1.82) is 0 Å². The molecule has 2 N–H and O–H groups in total. The lowest BCUT2D eigenvalue weighted by molar-refractivity contribution is 0.281. The van der Waals surface area contributed by atoms with Crippen LogP contribution in [0.5, 0.6) is 0 Å². The first kappa shape index (κ1) is 12.9. The molecule has 5 nitrogen and oxygen atoms in total. The monoisotopic (exact) mass is 288 g/mol. The van der Waals surface area contributed by atoms with Crippen LogP contribution in [-0.4, -0.2) is 19.7 Å². The minimum atomic E-state index is 0.0406. The third-order valence-corrected chi connectivity index (χ3v) is 3.14. The molecular weight excluding hydrogens is 276 g/mol. The van der Waals surface area contributed by atoms with Crippen LogP contribution in [0.3, 0.4) is 0 Å². The van der Waals surface area contributed by atoms with Crippen molar-refractivity contribution in [1.82, 2.24) is 14.6 Å². The maximum atomic E-state index is 9.11. The fourth-order valence-corrected chi connectivity index (χ4v) is 2.11. The summed E-state index contributed by atoms with van der Waals surface area (Å²) in [6.07, 6.45) is 1.71. The average molecular weight is 289 g/mol. The molecule has 0 amide bonds. The van der Waals surface area contributed by atoms with Gasteiger partial charge in [0.2, 0.25) is 5.95 Å². The van der Waals surface area contributed by atoms with E-state index >= 15 is 0 Å². The van der Waals surface area contributed by atoms with Gasteiger partial charge in [-0.05, 0) is 23.3 Å². The fourth-order valence-electron chi connectivity index (χ4n) is 1.95. The molecule has 2 aromatic heterocycles. The maximum Gasteiger partial charge on any atom is 0.243 e. The molecule has 20 heavy (non-hydrogen) atoms. The number of nitrogens with zero attached hydrogens (tertiary/aromatic N) is 3. The second-order valence-corrected chi connectivity index (χ2v) is 4.85. The Balaban J connectivity index is 1.76. The summed E-state index contributed by atoms with van der Waals surface area (Å²) < 4.78 is 1.63. The Labute approximate surface area is 120 Å². The van der Waals surface area contributed by atoms with E-state index in [1.165, 1.54) is 0 Å². The molecule has 6 heteroatoms. The number of aliphatic hydroxyl groups is 1. The molecule has 0 fully saturated rings. The van der Waals surface area contributed by atoms with E-state index in [0.29, 0.717) is 17.5 Å². The molecular formula is C14H13ClN4O. The van der Waals surface area contributed by atoms with Gasteiger partial charge in [-0.3, -0.25) is 0 Å². The van der Waals surface area contributed by atoms with E-state index in [0.717, 1.165) is 16.8 Å². The van der Waals surface area contributed by atoms with Crippen LogP contribution in [0.2, 0.25) is 5.02 Å². The third kappa shape index (κ3) is 2.74. The largest absolute Gasteiger partial charge is 0.392 e. The van der Waals surface area contributed by atoms with Crippen LogP contribution < -0.4 is 5.32 Å². The Morgan fingerprint density at radius 2 is 2.05 bits per heavy atom. The molecule has 0 aliphatic rings. The Morgan fingerprint density at radius 1 is 1.20 bits per heavy atom. The lowest BCUT2D eigenvalue weighted by Crippen LogP contribution is -2.01. The number of aromatic nitrogens is 3. The van der Waals surface area contributed by atoms with Crippen LogP contribution in [-0.2, 0) is 13.2 Å². The van der Waals surface area contributed by atoms with Gasteiger partial charge in [0.25, 0.3) is 0 Å². The summed E-state index contributed by atoms with van der Waals surface area (Å²) in [4.78, 5) is 4.34. The van der Waals surface area contributed by atoms with Crippen LogP contribution in [0, 0.1) is 0 Å². The molecule has 0 radical (unpaired) electrons. The normalized spacial score (nSPS) is 10.9. The zero-order chi connectivity index (χ0) is 13.9. The third-order valence-electron chi connectivity index (χ3n) is 2.92. The number of hydrogen-bond acceptors (Lipinski definition) is 4. The highest BCUT2D eigenvalue weighted by molar-refractivity contribution is 6.30. The highest BCUT2D eigenvalue weighted by Gasteiger charge is 2.03. The first-order valence-electron chi connectivity index (χ1n) is 6.19. The average Bonchev–Trinajstić information content (AvgIpc) is 2.87. The molecule has 0 bridgehead atoms. The van der Waals surface area contributed by atoms with Crippen LogP contribution in [0.15, 0.2) is 42.6 Å². The predicted molar refractivity (Wildman–Crippen MR) is 77.7 cm³/mol. The van der Waals surface area contributed by atoms with Gasteiger partial charge in [0.05, 0.1) is 11.6 Å². The van der Waals surface area contributed by atoms with Gasteiger partial charge in [0.15, 0.2) is 5.65 Å². The molecule has 3 rings (SSSR count). The number of pyridine rings is 1. The van der Waals surface area contributed by atoms with Gasteiger partial charge in [0, 0.05) is 12.7 Å². The molecule has 1 aromatic carbocycles. The summed E-state index contributed by atoms with van der Waals surface area (Å²) in [7, 11) is 0. The van der Waals surface area contributed by atoms with Gasteiger partial charge in [0.1, 0.15) is 0 Å². The summed E-state index contributed by atoms with van der Waals surface area (Å²) in [5, 5.41) is 17.2. The minimum absolute atomic E-state index is 0.0406. The molecule has 0 atom stereocenters. The number of aliphatic hydroxyl groups excluding tert-OH is 1. The zero-order valence-corrected chi connectivity index (χ0v) is 11.4. The second-order valence-electron chi connectivity index (χ2n) is 4.42. The van der Waals surface area contributed by atoms with Gasteiger partial charge < -0.3 is 10.4 Å². The Morgan fingerprint density at radius 3 is 2.90 bits per heavy atom. The topological polar surface area (TPSA) is 62.5 Å². The molecule has 0 unspecified atom stereocenters. The predicted octanol–water partition coefficient (Wildman–Crippen LogP) is 2.49. The van der Waals surface area contributed by atoms with Crippen LogP contribution in [0.25, 0.3) is 5.65 Å². The van der Waals surface area contributed by atoms with Gasteiger partial charge in [-0.25, -0.2) is 4.52 Å². The molecule has 3 aromatic rings. The van der Waals surface area contributed by atoms with Gasteiger partial charge in [-0.15, -0.1) is 5.10 Å². The van der Waals surface area contributed by atoms with Crippen LogP contribution in [0.4, 0.5) is 5.95 Å². The Bertz CT molecular complexity index is 741. The highest BCUT2D eigenvalue weighted by atomic mass is 35.5. The van der Waals surface area contributed by atoms with Crippen molar-refractivity contribution in [2.24, 2.45) is 0 Å². The quantitative estimate of drug-likeness (QED) is 0.774. The smallest absolute Gasteiger partial charge is 0.243 e. The van der Waals surface area contributed by atoms with E-state index in [1.807, 2.05) is 30.3 Å². The van der Waals surface area contributed by atoms with Crippen molar-refractivity contribution in [3.05, 3.63) is 58.7 Å². The number of nitrogens with one attached hydrogen (secondary N) is 1. The molecule has 0 aliphatic heterocycles. The lowest BCUT2D eigenvalue weighted by Gasteiger charge is -2.03. The number of halogens is 1. The van der Waals surface area contributed by atoms with Crippen molar-refractivity contribution in [2.75, 3.05) is 5.32 Å². The minimum Gasteiger partial charge on any atom is -0.392 e. The first-order valence-corrected chi connectivity index (χ1v) is 6.57. The van der Waals surface area contributed by atoms with Gasteiger partial charge in [-0.2, -0.15) is 4.98 Å². The van der Waals surface area contributed by atoms with Gasteiger partial charge >= 0.3 is 0 Å². The standard InChI is InChI=1S/C14H13ClN4O/c15-12-4-5-13-17-14(18-19(13)8-12)16-7-10-2-1-3-11(6-10)9-20/h1-6,8,20H,7,9H2,(H,16,18). The van der Waals surface area contributed by atoms with Crippen molar-refractivity contribution < 1.29 is 5.11 Å². The SMILES string of the molecule is OCc1cccc(CNc2nc3ccc(Cl)cn3n2)c1. The number of anilines is 1. The fraction of sp³-hybridized carbons (Fsp3) is 0.143. The lowest BCUT2D eigenvalue weighted by atomic mass is 10.1. The van der Waals surface area contributed by atoms with E-state index in [9.17, 15) is 0 Å². The van der Waals surface area contributed by atoms with Crippen LogP contribution in [0.1, 0.15) is 11.1 Å². The molecule has 0 spiro atoms. The van der Waals surface area contributed by atoms with E-state index in [4.69, 9.17) is 16.7 Å². The van der Waals surface area contributed by atoms with E-state index in [-0.39, 0.29) is 6.61 Å². The first-order chi connectivity index (χ1) is 9.74. The molecule has 2 heterocycles. The van der Waals surface area contributed by atoms with E-state index < -0.39 is 0 Å². The molecule has 102 valence electrons.